The lowest BCUT2D eigenvalue weighted by Crippen LogP contribution is -2.45. The van der Waals surface area contributed by atoms with E-state index in [2.05, 4.69) is 0 Å². The molecule has 0 radical (unpaired) electrons. The monoisotopic (exact) mass is 302 g/mol. The fourth-order valence-electron chi connectivity index (χ4n) is 2.16. The number of rotatable bonds is 9. The third kappa shape index (κ3) is 5.73. The average molecular weight is 302 g/mol. The van der Waals surface area contributed by atoms with E-state index in [9.17, 15) is 14.4 Å². The summed E-state index contributed by atoms with van der Waals surface area (Å²) in [5.74, 6) is -2.07. The van der Waals surface area contributed by atoms with Crippen LogP contribution < -0.4 is 0 Å². The van der Waals surface area contributed by atoms with Crippen molar-refractivity contribution in [2.45, 2.75) is 47.5 Å². The highest BCUT2D eigenvalue weighted by Crippen LogP contribution is 2.34. The first-order valence-electron chi connectivity index (χ1n) is 7.34. The van der Waals surface area contributed by atoms with Gasteiger partial charge in [0.15, 0.2) is 5.41 Å². The van der Waals surface area contributed by atoms with Crippen molar-refractivity contribution in [1.29, 1.82) is 0 Å². The van der Waals surface area contributed by atoms with Gasteiger partial charge in [-0.15, -0.1) is 0 Å². The highest BCUT2D eigenvalue weighted by molar-refractivity contribution is 6.03. The van der Waals surface area contributed by atoms with Crippen molar-refractivity contribution < 1.29 is 28.6 Å². The summed E-state index contributed by atoms with van der Waals surface area (Å²) < 4.78 is 14.9. The predicted molar refractivity (Wildman–Crippen MR) is 76.4 cm³/mol. The van der Waals surface area contributed by atoms with Crippen LogP contribution in [0.1, 0.15) is 47.5 Å². The summed E-state index contributed by atoms with van der Waals surface area (Å²) in [7, 11) is 0. The Labute approximate surface area is 126 Å². The summed E-state index contributed by atoms with van der Waals surface area (Å²) in [4.78, 5) is 36.5. The number of ether oxygens (including phenoxy) is 3. The van der Waals surface area contributed by atoms with E-state index in [-0.39, 0.29) is 38.6 Å². The van der Waals surface area contributed by atoms with Crippen LogP contribution in [0.15, 0.2) is 0 Å². The van der Waals surface area contributed by atoms with Gasteiger partial charge in [-0.25, -0.2) is 0 Å². The van der Waals surface area contributed by atoms with Gasteiger partial charge >= 0.3 is 17.9 Å². The van der Waals surface area contributed by atoms with Crippen LogP contribution in [0.5, 0.6) is 0 Å². The van der Waals surface area contributed by atoms with Crippen LogP contribution in [0.25, 0.3) is 0 Å². The summed E-state index contributed by atoms with van der Waals surface area (Å²) in [5.41, 5.74) is -1.63. The molecule has 122 valence electrons. The van der Waals surface area contributed by atoms with Crippen LogP contribution >= 0.6 is 0 Å². The van der Waals surface area contributed by atoms with Gasteiger partial charge in [0.25, 0.3) is 0 Å². The fraction of sp³-hybridized carbons (Fsp3) is 0.800. The van der Waals surface area contributed by atoms with Gasteiger partial charge in [-0.2, -0.15) is 0 Å². The Hall–Kier alpha value is -1.59. The van der Waals surface area contributed by atoms with Gasteiger partial charge in [0.1, 0.15) is 0 Å². The van der Waals surface area contributed by atoms with Crippen molar-refractivity contribution >= 4 is 17.9 Å². The van der Waals surface area contributed by atoms with Gasteiger partial charge in [-0.3, -0.25) is 14.4 Å². The molecule has 0 spiro atoms. The molecule has 0 aromatic rings. The molecule has 0 aliphatic heterocycles. The number of hydrogen-bond donors (Lipinski definition) is 0. The Balaban J connectivity index is 5.53. The minimum Gasteiger partial charge on any atom is -0.466 e. The lowest BCUT2D eigenvalue weighted by atomic mass is 9.77. The minimum absolute atomic E-state index is 0.00763. The molecule has 0 saturated carbocycles. The smallest absolute Gasteiger partial charge is 0.324 e. The first-order chi connectivity index (χ1) is 9.83. The molecule has 21 heavy (non-hydrogen) atoms. The summed E-state index contributed by atoms with van der Waals surface area (Å²) in [6, 6.07) is 0. The van der Waals surface area contributed by atoms with Gasteiger partial charge in [-0.1, -0.05) is 13.8 Å². The maximum Gasteiger partial charge on any atom is 0.324 e. The number of carbonyl (C=O) groups excluding carboxylic acids is 3. The Kier molecular flexibility index (Phi) is 8.66. The molecular weight excluding hydrogens is 276 g/mol. The average Bonchev–Trinajstić information content (AvgIpc) is 2.38. The molecule has 0 saturated heterocycles. The van der Waals surface area contributed by atoms with Crippen LogP contribution in [0, 0.1) is 11.3 Å². The molecule has 0 heterocycles. The number of hydrogen-bond acceptors (Lipinski definition) is 6. The molecule has 0 fully saturated rings. The summed E-state index contributed by atoms with van der Waals surface area (Å²) in [6.07, 6.45) is -0.194. The molecule has 0 aliphatic carbocycles. The van der Waals surface area contributed by atoms with Crippen molar-refractivity contribution in [2.75, 3.05) is 19.8 Å². The van der Waals surface area contributed by atoms with Crippen molar-refractivity contribution in [1.82, 2.24) is 0 Å². The number of carbonyl (C=O) groups is 3. The van der Waals surface area contributed by atoms with E-state index >= 15 is 0 Å². The quantitative estimate of drug-likeness (QED) is 0.369. The maximum absolute atomic E-state index is 12.3. The second-order valence-corrected chi connectivity index (χ2v) is 5.10. The molecule has 6 heteroatoms. The molecule has 0 bridgehead atoms. The van der Waals surface area contributed by atoms with Crippen LogP contribution in [0.3, 0.4) is 0 Å². The van der Waals surface area contributed by atoms with Crippen LogP contribution in [0.2, 0.25) is 0 Å². The molecule has 0 aliphatic rings. The molecule has 0 aromatic carbocycles. The van der Waals surface area contributed by atoms with Crippen molar-refractivity contribution in [3.05, 3.63) is 0 Å². The molecule has 0 N–H and O–H groups in total. The minimum atomic E-state index is -1.63. The van der Waals surface area contributed by atoms with Gasteiger partial charge < -0.3 is 14.2 Å². The Bertz CT molecular complexity index is 343. The lowest BCUT2D eigenvalue weighted by Gasteiger charge is -2.29. The second kappa shape index (κ2) is 9.37. The first-order valence-corrected chi connectivity index (χ1v) is 7.34. The zero-order valence-electron chi connectivity index (χ0n) is 13.6. The van der Waals surface area contributed by atoms with Crippen LogP contribution in [-0.4, -0.2) is 37.7 Å². The number of esters is 3. The molecule has 0 atom stereocenters. The standard InChI is InChI=1S/C15H26O6/c1-6-19-12(16)10-15(9-11(4)5,13(17)20-7-2)14(18)21-8-3/h11H,6-10H2,1-5H3. The predicted octanol–water partition coefficient (Wildman–Crippen LogP) is 2.10. The van der Waals surface area contributed by atoms with E-state index in [0.717, 1.165) is 0 Å². The van der Waals surface area contributed by atoms with E-state index in [1.807, 2.05) is 13.8 Å². The zero-order chi connectivity index (χ0) is 16.5. The SMILES string of the molecule is CCOC(=O)CC(CC(C)C)(C(=O)OCC)C(=O)OCC. The van der Waals surface area contributed by atoms with E-state index < -0.39 is 23.3 Å². The molecule has 0 unspecified atom stereocenters. The highest BCUT2D eigenvalue weighted by Gasteiger charge is 2.51. The van der Waals surface area contributed by atoms with E-state index in [1.54, 1.807) is 20.8 Å². The van der Waals surface area contributed by atoms with Crippen molar-refractivity contribution in [3.63, 3.8) is 0 Å². The fourth-order valence-corrected chi connectivity index (χ4v) is 2.16. The van der Waals surface area contributed by atoms with Crippen molar-refractivity contribution in [2.24, 2.45) is 11.3 Å². The van der Waals surface area contributed by atoms with Gasteiger partial charge in [-0.05, 0) is 33.1 Å². The topological polar surface area (TPSA) is 78.9 Å². The largest absolute Gasteiger partial charge is 0.466 e. The Morgan fingerprint density at radius 3 is 1.62 bits per heavy atom. The van der Waals surface area contributed by atoms with Crippen molar-refractivity contribution in [3.8, 4) is 0 Å². The first kappa shape index (κ1) is 19.4. The molecule has 6 nitrogen and oxygen atoms in total. The Morgan fingerprint density at radius 2 is 1.29 bits per heavy atom. The summed E-state index contributed by atoms with van der Waals surface area (Å²) >= 11 is 0. The Morgan fingerprint density at radius 1 is 0.857 bits per heavy atom. The molecule has 0 rings (SSSR count). The molecular formula is C15H26O6. The van der Waals surface area contributed by atoms with Gasteiger partial charge in [0, 0.05) is 0 Å². The third-order valence-electron chi connectivity index (χ3n) is 2.84. The van der Waals surface area contributed by atoms with Gasteiger partial charge in [0.2, 0.25) is 0 Å². The summed E-state index contributed by atoms with van der Waals surface area (Å²) in [5, 5.41) is 0. The second-order valence-electron chi connectivity index (χ2n) is 5.10. The lowest BCUT2D eigenvalue weighted by molar-refractivity contribution is -0.178. The normalized spacial score (nSPS) is 11.1. The zero-order valence-corrected chi connectivity index (χ0v) is 13.6. The maximum atomic E-state index is 12.3. The van der Waals surface area contributed by atoms with E-state index in [1.165, 1.54) is 0 Å². The van der Waals surface area contributed by atoms with E-state index in [0.29, 0.717) is 0 Å². The third-order valence-corrected chi connectivity index (χ3v) is 2.84. The summed E-state index contributed by atoms with van der Waals surface area (Å²) in [6.45, 7) is 9.11. The molecule has 0 amide bonds. The van der Waals surface area contributed by atoms with E-state index in [4.69, 9.17) is 14.2 Å². The highest BCUT2D eigenvalue weighted by atomic mass is 16.6. The van der Waals surface area contributed by atoms with Crippen LogP contribution in [-0.2, 0) is 28.6 Å². The van der Waals surface area contributed by atoms with Crippen LogP contribution in [0.4, 0.5) is 0 Å². The van der Waals surface area contributed by atoms with Gasteiger partial charge in [0.05, 0.1) is 26.2 Å². The molecule has 0 aromatic heterocycles.